The summed E-state index contributed by atoms with van der Waals surface area (Å²) >= 11 is 5.87. The normalized spacial score (nSPS) is 10.5. The molecule has 0 aliphatic heterocycles. The summed E-state index contributed by atoms with van der Waals surface area (Å²) in [6, 6.07) is 17.5. The Kier molecular flexibility index (Phi) is 5.62. The third-order valence-electron chi connectivity index (χ3n) is 4.60. The van der Waals surface area contributed by atoms with E-state index in [-0.39, 0.29) is 23.2 Å². The number of nitrogens with zero attached hydrogens (tertiary/aromatic N) is 2. The predicted octanol–water partition coefficient (Wildman–Crippen LogP) is 3.86. The maximum atomic E-state index is 13.0. The second kappa shape index (κ2) is 8.12. The van der Waals surface area contributed by atoms with Gasteiger partial charge in [-0.3, -0.25) is 14.2 Å². The molecular weight excluding hydrogens is 376 g/mol. The molecule has 28 heavy (non-hydrogen) atoms. The van der Waals surface area contributed by atoms with Gasteiger partial charge in [-0.2, -0.15) is 5.26 Å². The van der Waals surface area contributed by atoms with E-state index in [1.54, 1.807) is 12.1 Å². The van der Waals surface area contributed by atoms with Crippen molar-refractivity contribution < 1.29 is 9.90 Å². The molecule has 5 nitrogen and oxygen atoms in total. The third-order valence-corrected chi connectivity index (χ3v) is 4.85. The van der Waals surface area contributed by atoms with Crippen LogP contribution in [0.2, 0.25) is 5.02 Å². The van der Waals surface area contributed by atoms with Crippen LogP contribution in [0.1, 0.15) is 32.6 Å². The summed E-state index contributed by atoms with van der Waals surface area (Å²) in [6.45, 7) is 1.63. The fraction of sp³-hybridized carbons (Fsp3) is 0.136. The van der Waals surface area contributed by atoms with Crippen molar-refractivity contribution in [2.45, 2.75) is 19.9 Å². The van der Waals surface area contributed by atoms with Crippen molar-refractivity contribution in [3.05, 3.63) is 97.8 Å². The van der Waals surface area contributed by atoms with Crippen molar-refractivity contribution in [1.29, 1.82) is 5.26 Å². The van der Waals surface area contributed by atoms with Crippen LogP contribution in [0.5, 0.6) is 5.88 Å². The van der Waals surface area contributed by atoms with E-state index in [0.29, 0.717) is 17.0 Å². The van der Waals surface area contributed by atoms with Crippen LogP contribution in [0, 0.1) is 18.3 Å². The van der Waals surface area contributed by atoms with Crippen LogP contribution in [0.25, 0.3) is 0 Å². The van der Waals surface area contributed by atoms with E-state index in [2.05, 4.69) is 0 Å². The zero-order valence-electron chi connectivity index (χ0n) is 15.1. The third kappa shape index (κ3) is 3.68. The minimum Gasteiger partial charge on any atom is -0.494 e. The van der Waals surface area contributed by atoms with Gasteiger partial charge in [0.1, 0.15) is 11.6 Å². The number of hydrogen-bond acceptors (Lipinski definition) is 4. The highest BCUT2D eigenvalue weighted by molar-refractivity contribution is 6.30. The fourth-order valence-corrected chi connectivity index (χ4v) is 3.19. The molecule has 1 N–H and O–H groups in total. The van der Waals surface area contributed by atoms with E-state index in [0.717, 1.165) is 10.1 Å². The number of carbonyl (C=O) groups is 1. The van der Waals surface area contributed by atoms with E-state index in [1.807, 2.05) is 36.4 Å². The van der Waals surface area contributed by atoms with Gasteiger partial charge in [-0.25, -0.2) is 0 Å². The van der Waals surface area contributed by atoms with E-state index < -0.39 is 17.2 Å². The summed E-state index contributed by atoms with van der Waals surface area (Å²) in [5.41, 5.74) is 0.634. The number of ketones is 1. The number of carbonyl (C=O) groups excluding carboxylic acids is 1. The molecule has 2 aromatic carbocycles. The Labute approximate surface area is 167 Å². The molecule has 0 spiro atoms. The molecule has 140 valence electrons. The summed E-state index contributed by atoms with van der Waals surface area (Å²) < 4.78 is 1.09. The fourth-order valence-electron chi connectivity index (χ4n) is 3.06. The van der Waals surface area contributed by atoms with Gasteiger partial charge in [0.25, 0.3) is 5.56 Å². The summed E-state index contributed by atoms with van der Waals surface area (Å²) in [5, 5.41) is 20.7. The average molecular weight is 393 g/mol. The van der Waals surface area contributed by atoms with Gasteiger partial charge in [-0.15, -0.1) is 0 Å². The number of benzene rings is 2. The van der Waals surface area contributed by atoms with Crippen molar-refractivity contribution in [1.82, 2.24) is 4.57 Å². The molecule has 0 saturated carbocycles. The lowest BCUT2D eigenvalue weighted by Gasteiger charge is -2.15. The van der Waals surface area contributed by atoms with Crippen LogP contribution in [0.3, 0.4) is 0 Å². The van der Waals surface area contributed by atoms with Crippen LogP contribution in [-0.4, -0.2) is 15.5 Å². The molecule has 1 heterocycles. The van der Waals surface area contributed by atoms with Crippen molar-refractivity contribution in [2.24, 2.45) is 0 Å². The topological polar surface area (TPSA) is 83.1 Å². The standard InChI is InChI=1S/C22H17ClN2O3/c1-14-18(13-24)21(27)25(12-11-15-5-3-2-4-6-15)22(28)19(14)20(26)16-7-9-17(23)10-8-16/h2-10,28H,11-12H2,1H3. The molecule has 0 fully saturated rings. The van der Waals surface area contributed by atoms with Crippen LogP contribution in [0.4, 0.5) is 0 Å². The van der Waals surface area contributed by atoms with Gasteiger partial charge >= 0.3 is 0 Å². The molecule has 0 saturated heterocycles. The van der Waals surface area contributed by atoms with E-state index in [9.17, 15) is 20.0 Å². The Balaban J connectivity index is 2.09. The number of aromatic hydroxyl groups is 1. The minimum absolute atomic E-state index is 0.0495. The second-order valence-corrected chi connectivity index (χ2v) is 6.78. The molecule has 0 aliphatic carbocycles. The maximum absolute atomic E-state index is 13.0. The number of hydrogen-bond donors (Lipinski definition) is 1. The Morgan fingerprint density at radius 1 is 1.14 bits per heavy atom. The van der Waals surface area contributed by atoms with Crippen molar-refractivity contribution in [3.63, 3.8) is 0 Å². The van der Waals surface area contributed by atoms with Crippen molar-refractivity contribution in [2.75, 3.05) is 0 Å². The van der Waals surface area contributed by atoms with E-state index >= 15 is 0 Å². The predicted molar refractivity (Wildman–Crippen MR) is 107 cm³/mol. The van der Waals surface area contributed by atoms with Gasteiger partial charge in [0.05, 0.1) is 5.56 Å². The lowest BCUT2D eigenvalue weighted by atomic mass is 9.97. The van der Waals surface area contributed by atoms with Gasteiger partial charge in [0.2, 0.25) is 5.88 Å². The summed E-state index contributed by atoms with van der Waals surface area (Å²) in [5.74, 6) is -0.908. The first-order valence-electron chi connectivity index (χ1n) is 8.64. The molecule has 0 atom stereocenters. The first-order valence-corrected chi connectivity index (χ1v) is 9.02. The average Bonchev–Trinajstić information content (AvgIpc) is 2.69. The number of rotatable bonds is 5. The van der Waals surface area contributed by atoms with Gasteiger partial charge < -0.3 is 5.11 Å². The smallest absolute Gasteiger partial charge is 0.271 e. The second-order valence-electron chi connectivity index (χ2n) is 6.34. The van der Waals surface area contributed by atoms with Crippen LogP contribution in [0.15, 0.2) is 59.4 Å². The molecule has 1 aromatic heterocycles. The SMILES string of the molecule is Cc1c(C(=O)c2ccc(Cl)cc2)c(O)n(CCc2ccccc2)c(=O)c1C#N. The number of pyridine rings is 1. The van der Waals surface area contributed by atoms with Crippen LogP contribution in [-0.2, 0) is 13.0 Å². The number of aromatic nitrogens is 1. The Bertz CT molecular complexity index is 1130. The molecule has 0 bridgehead atoms. The molecule has 0 unspecified atom stereocenters. The van der Waals surface area contributed by atoms with Crippen LogP contribution < -0.4 is 5.56 Å². The number of aryl methyl sites for hydroxylation is 1. The molecule has 3 rings (SSSR count). The highest BCUT2D eigenvalue weighted by atomic mass is 35.5. The van der Waals surface area contributed by atoms with Gasteiger partial charge in [0.15, 0.2) is 5.78 Å². The van der Waals surface area contributed by atoms with Gasteiger partial charge in [-0.1, -0.05) is 41.9 Å². The molecule has 6 heteroatoms. The highest BCUT2D eigenvalue weighted by Gasteiger charge is 2.24. The first-order chi connectivity index (χ1) is 13.4. The highest BCUT2D eigenvalue weighted by Crippen LogP contribution is 2.25. The van der Waals surface area contributed by atoms with Gasteiger partial charge in [-0.05, 0) is 48.7 Å². The number of halogens is 1. The molecule has 3 aromatic rings. The molecular formula is C22H17ClN2O3. The maximum Gasteiger partial charge on any atom is 0.271 e. The molecule has 0 amide bonds. The monoisotopic (exact) mass is 392 g/mol. The van der Waals surface area contributed by atoms with Crippen molar-refractivity contribution >= 4 is 17.4 Å². The number of nitriles is 1. The summed E-state index contributed by atoms with van der Waals surface area (Å²) in [7, 11) is 0. The molecule has 0 radical (unpaired) electrons. The zero-order valence-corrected chi connectivity index (χ0v) is 15.9. The summed E-state index contributed by atoms with van der Waals surface area (Å²) in [6.07, 6.45) is 0.469. The van der Waals surface area contributed by atoms with Crippen LogP contribution >= 0.6 is 11.6 Å². The zero-order chi connectivity index (χ0) is 20.3. The minimum atomic E-state index is -0.610. The van der Waals surface area contributed by atoms with E-state index in [4.69, 9.17) is 11.6 Å². The Morgan fingerprint density at radius 2 is 1.79 bits per heavy atom. The van der Waals surface area contributed by atoms with Crippen molar-refractivity contribution in [3.8, 4) is 11.9 Å². The van der Waals surface area contributed by atoms with E-state index in [1.165, 1.54) is 19.1 Å². The lowest BCUT2D eigenvalue weighted by molar-refractivity contribution is 0.103. The Morgan fingerprint density at radius 3 is 2.39 bits per heavy atom. The Hall–Kier alpha value is -3.36. The van der Waals surface area contributed by atoms with Gasteiger partial charge in [0, 0.05) is 17.1 Å². The summed E-state index contributed by atoms with van der Waals surface area (Å²) in [4.78, 5) is 25.6. The molecule has 0 aliphatic rings. The first kappa shape index (κ1) is 19.4. The quantitative estimate of drug-likeness (QED) is 0.668. The lowest BCUT2D eigenvalue weighted by Crippen LogP contribution is -2.27. The largest absolute Gasteiger partial charge is 0.494 e.